The van der Waals surface area contributed by atoms with E-state index in [4.69, 9.17) is 9.47 Å². The molecule has 0 bridgehead atoms. The topological polar surface area (TPSA) is 55.8 Å². The summed E-state index contributed by atoms with van der Waals surface area (Å²) in [5, 5.41) is 10.6. The van der Waals surface area contributed by atoms with Gasteiger partial charge >= 0.3 is 0 Å². The van der Waals surface area contributed by atoms with Gasteiger partial charge in [0.1, 0.15) is 0 Å². The Bertz CT molecular complexity index is 440. The van der Waals surface area contributed by atoms with Gasteiger partial charge in [0.15, 0.2) is 11.6 Å². The highest BCUT2D eigenvalue weighted by molar-refractivity contribution is 5.91. The van der Waals surface area contributed by atoms with Crippen LogP contribution in [-0.4, -0.2) is 35.5 Å². The van der Waals surface area contributed by atoms with Crippen LogP contribution in [0.1, 0.15) is 52.4 Å². The van der Waals surface area contributed by atoms with E-state index in [9.17, 15) is 9.90 Å². The van der Waals surface area contributed by atoms with Crippen LogP contribution in [0, 0.1) is 5.41 Å². The van der Waals surface area contributed by atoms with Crippen molar-refractivity contribution >= 4 is 5.78 Å². The van der Waals surface area contributed by atoms with Gasteiger partial charge in [-0.2, -0.15) is 0 Å². The van der Waals surface area contributed by atoms with Crippen LogP contribution < -0.4 is 0 Å². The molecule has 1 aliphatic heterocycles. The molecule has 4 heteroatoms. The maximum absolute atomic E-state index is 11.7. The fourth-order valence-corrected chi connectivity index (χ4v) is 4.02. The van der Waals surface area contributed by atoms with Gasteiger partial charge in [0.25, 0.3) is 0 Å². The molecule has 1 N–H and O–H groups in total. The van der Waals surface area contributed by atoms with E-state index in [-0.39, 0.29) is 23.4 Å². The van der Waals surface area contributed by atoms with Gasteiger partial charge in [-0.1, -0.05) is 5.57 Å². The van der Waals surface area contributed by atoms with Crippen molar-refractivity contribution < 1.29 is 19.4 Å². The second-order valence-electron chi connectivity index (χ2n) is 6.85. The molecule has 0 aromatic rings. The molecule has 3 atom stereocenters. The lowest BCUT2D eigenvalue weighted by Crippen LogP contribution is -2.45. The fourth-order valence-electron chi connectivity index (χ4n) is 4.02. The molecule has 1 saturated carbocycles. The van der Waals surface area contributed by atoms with Gasteiger partial charge in [0.2, 0.25) is 0 Å². The van der Waals surface area contributed by atoms with E-state index in [0.29, 0.717) is 13.0 Å². The first kappa shape index (κ1) is 14.2. The molecule has 4 nitrogen and oxygen atoms in total. The van der Waals surface area contributed by atoms with Gasteiger partial charge in [0, 0.05) is 11.8 Å². The first-order valence-corrected chi connectivity index (χ1v) is 7.65. The van der Waals surface area contributed by atoms with Crippen LogP contribution in [0.4, 0.5) is 0 Å². The van der Waals surface area contributed by atoms with Crippen LogP contribution in [0.3, 0.4) is 0 Å². The second kappa shape index (κ2) is 4.93. The Morgan fingerprint density at radius 1 is 1.40 bits per heavy atom. The van der Waals surface area contributed by atoms with Crippen LogP contribution in [0.15, 0.2) is 11.6 Å². The maximum atomic E-state index is 11.7. The Kier molecular flexibility index (Phi) is 3.51. The highest BCUT2D eigenvalue weighted by Gasteiger charge is 2.48. The van der Waals surface area contributed by atoms with Crippen molar-refractivity contribution in [2.24, 2.45) is 5.41 Å². The zero-order valence-corrected chi connectivity index (χ0v) is 12.4. The molecule has 2 fully saturated rings. The Morgan fingerprint density at radius 3 is 2.90 bits per heavy atom. The molecule has 2 aliphatic carbocycles. The normalized spacial score (nSPS) is 40.4. The van der Waals surface area contributed by atoms with Crippen LogP contribution in [0.5, 0.6) is 0 Å². The lowest BCUT2D eigenvalue weighted by molar-refractivity contribution is -0.145. The molecule has 0 aromatic carbocycles. The molecule has 0 spiro atoms. The van der Waals surface area contributed by atoms with Crippen molar-refractivity contribution in [2.75, 3.05) is 6.61 Å². The smallest absolute Gasteiger partial charge is 0.163 e. The Labute approximate surface area is 120 Å². The number of aliphatic hydroxyl groups excluding tert-OH is 1. The number of ether oxygens (including phenoxy) is 2. The third-order valence-corrected chi connectivity index (χ3v) is 5.01. The number of allylic oxidation sites excluding steroid dienone is 1. The van der Waals surface area contributed by atoms with E-state index >= 15 is 0 Å². The van der Waals surface area contributed by atoms with Crippen molar-refractivity contribution in [3.05, 3.63) is 11.6 Å². The van der Waals surface area contributed by atoms with Crippen molar-refractivity contribution in [3.63, 3.8) is 0 Å². The zero-order chi connectivity index (χ0) is 14.4. The van der Waals surface area contributed by atoms with Crippen molar-refractivity contribution in [3.8, 4) is 0 Å². The van der Waals surface area contributed by atoms with E-state index in [1.807, 2.05) is 13.8 Å². The van der Waals surface area contributed by atoms with E-state index in [1.165, 1.54) is 0 Å². The van der Waals surface area contributed by atoms with Crippen LogP contribution in [-0.2, 0) is 14.3 Å². The maximum Gasteiger partial charge on any atom is 0.163 e. The summed E-state index contributed by atoms with van der Waals surface area (Å²) in [5.41, 5.74) is 0.876. The highest BCUT2D eigenvalue weighted by Crippen LogP contribution is 2.51. The quantitative estimate of drug-likeness (QED) is 0.843. The number of aliphatic hydroxyl groups is 1. The van der Waals surface area contributed by atoms with E-state index in [2.05, 4.69) is 0 Å². The number of carbonyl (C=O) groups excluding carboxylic acids is 1. The average molecular weight is 280 g/mol. The van der Waals surface area contributed by atoms with Gasteiger partial charge in [-0.05, 0) is 52.0 Å². The zero-order valence-electron chi connectivity index (χ0n) is 12.4. The number of ketones is 1. The molecule has 1 saturated heterocycles. The highest BCUT2D eigenvalue weighted by atomic mass is 16.7. The van der Waals surface area contributed by atoms with Gasteiger partial charge in [0.05, 0.1) is 18.8 Å². The van der Waals surface area contributed by atoms with Gasteiger partial charge < -0.3 is 14.6 Å². The van der Waals surface area contributed by atoms with Crippen molar-refractivity contribution in [2.45, 2.75) is 70.4 Å². The molecule has 0 unspecified atom stereocenters. The third-order valence-electron chi connectivity index (χ3n) is 5.01. The minimum absolute atomic E-state index is 0.00866. The minimum atomic E-state index is -0.532. The van der Waals surface area contributed by atoms with Crippen molar-refractivity contribution in [1.82, 2.24) is 0 Å². The fraction of sp³-hybridized carbons (Fsp3) is 0.812. The Hall–Kier alpha value is -0.710. The van der Waals surface area contributed by atoms with Crippen LogP contribution in [0.25, 0.3) is 0 Å². The van der Waals surface area contributed by atoms with Crippen LogP contribution >= 0.6 is 0 Å². The molecule has 3 aliphatic rings. The lowest BCUT2D eigenvalue weighted by atomic mass is 9.60. The first-order valence-electron chi connectivity index (χ1n) is 7.65. The molecular weight excluding hydrogens is 256 g/mol. The molecule has 0 amide bonds. The summed E-state index contributed by atoms with van der Waals surface area (Å²) in [5.74, 6) is -0.330. The molecular formula is C16H24O4. The van der Waals surface area contributed by atoms with Gasteiger partial charge in [-0.3, -0.25) is 4.79 Å². The lowest BCUT2D eigenvalue weighted by Gasteiger charge is -2.46. The first-order chi connectivity index (χ1) is 9.41. The third kappa shape index (κ3) is 2.45. The predicted octanol–water partition coefficient (Wildman–Crippen LogP) is 2.35. The summed E-state index contributed by atoms with van der Waals surface area (Å²) in [6, 6.07) is 0. The molecule has 3 rings (SSSR count). The van der Waals surface area contributed by atoms with E-state index in [0.717, 1.165) is 37.7 Å². The van der Waals surface area contributed by atoms with E-state index < -0.39 is 5.79 Å². The number of hydrogen-bond donors (Lipinski definition) is 1. The number of hydrogen-bond acceptors (Lipinski definition) is 4. The van der Waals surface area contributed by atoms with E-state index in [1.54, 1.807) is 6.08 Å². The summed E-state index contributed by atoms with van der Waals surface area (Å²) >= 11 is 0. The monoisotopic (exact) mass is 280 g/mol. The average Bonchev–Trinajstić information content (AvgIpc) is 2.71. The minimum Gasteiger partial charge on any atom is -0.392 e. The summed E-state index contributed by atoms with van der Waals surface area (Å²) < 4.78 is 11.6. The summed E-state index contributed by atoms with van der Waals surface area (Å²) in [7, 11) is 0. The summed E-state index contributed by atoms with van der Waals surface area (Å²) in [6.07, 6.45) is 6.20. The standard InChI is InChI=1S/C16H24O4/c1-15(2)19-10-13(20-15)9-16-7-6-12(17)8-11(16)4-3-5-14(16)18/h8,13-14,18H,3-7,9-10H2,1-2H3/t13-,14+,16-/m0/s1. The number of fused-ring (bicyclic) bond motifs is 1. The molecule has 20 heavy (non-hydrogen) atoms. The summed E-state index contributed by atoms with van der Waals surface area (Å²) in [6.45, 7) is 4.41. The molecule has 112 valence electrons. The molecule has 0 aromatic heterocycles. The van der Waals surface area contributed by atoms with Crippen molar-refractivity contribution in [1.29, 1.82) is 0 Å². The number of carbonyl (C=O) groups is 1. The number of rotatable bonds is 2. The molecule has 1 heterocycles. The Morgan fingerprint density at radius 2 is 2.20 bits per heavy atom. The Balaban J connectivity index is 1.83. The molecule has 0 radical (unpaired) electrons. The SMILES string of the molecule is CC1(C)OC[C@H](C[C@@]23CCC(=O)C=C2CCC[C@H]3O)O1. The largest absolute Gasteiger partial charge is 0.392 e. The van der Waals surface area contributed by atoms with Gasteiger partial charge in [-0.25, -0.2) is 0 Å². The summed E-state index contributed by atoms with van der Waals surface area (Å²) in [4.78, 5) is 11.7. The van der Waals surface area contributed by atoms with Gasteiger partial charge in [-0.15, -0.1) is 0 Å². The second-order valence-corrected chi connectivity index (χ2v) is 6.85. The predicted molar refractivity (Wildman–Crippen MR) is 74.1 cm³/mol. The van der Waals surface area contributed by atoms with Crippen LogP contribution in [0.2, 0.25) is 0 Å².